The number of hydrogen-bond acceptors (Lipinski definition) is 3. The quantitative estimate of drug-likeness (QED) is 0.915. The van der Waals surface area contributed by atoms with Gasteiger partial charge in [-0.1, -0.05) is 32.9 Å². The van der Waals surface area contributed by atoms with Gasteiger partial charge in [0, 0.05) is 45.0 Å². The Morgan fingerprint density at radius 3 is 2.10 bits per heavy atom. The predicted molar refractivity (Wildman–Crippen MR) is 85.5 cm³/mol. The molecule has 1 aliphatic heterocycles. The number of nitrogens with zero attached hydrogens (tertiary/aromatic N) is 2. The minimum absolute atomic E-state index is 0.224. The number of piperazine rings is 1. The molecule has 20 heavy (non-hydrogen) atoms. The van der Waals surface area contributed by atoms with Crippen LogP contribution in [0.3, 0.4) is 0 Å². The first-order chi connectivity index (χ1) is 9.50. The zero-order valence-electron chi connectivity index (χ0n) is 13.1. The first-order valence-electron chi connectivity index (χ1n) is 7.69. The van der Waals surface area contributed by atoms with Gasteiger partial charge >= 0.3 is 0 Å². The van der Waals surface area contributed by atoms with Gasteiger partial charge in [-0.25, -0.2) is 0 Å². The molecule has 3 nitrogen and oxygen atoms in total. The Labute approximate surface area is 123 Å². The smallest absolute Gasteiger partial charge is 0.0443 e. The topological polar surface area (TPSA) is 26.7 Å². The molecule has 1 aromatic rings. The van der Waals surface area contributed by atoms with Crippen LogP contribution in [-0.4, -0.2) is 49.3 Å². The van der Waals surface area contributed by atoms with Crippen LogP contribution in [-0.2, 0) is 5.41 Å². The molecule has 1 N–H and O–H groups in total. The fourth-order valence-corrected chi connectivity index (χ4v) is 2.70. The first kappa shape index (κ1) is 15.3. The second-order valence-corrected chi connectivity index (χ2v) is 6.70. The van der Waals surface area contributed by atoms with Crippen LogP contribution in [0.1, 0.15) is 32.8 Å². The Kier molecular flexibility index (Phi) is 5.06. The first-order valence-corrected chi connectivity index (χ1v) is 7.69. The van der Waals surface area contributed by atoms with Gasteiger partial charge in [0.2, 0.25) is 0 Å². The Morgan fingerprint density at radius 1 is 1.00 bits per heavy atom. The van der Waals surface area contributed by atoms with Gasteiger partial charge in [-0.15, -0.1) is 0 Å². The van der Waals surface area contributed by atoms with Gasteiger partial charge in [0.25, 0.3) is 0 Å². The van der Waals surface area contributed by atoms with Gasteiger partial charge in [0.15, 0.2) is 0 Å². The molecule has 112 valence electrons. The molecule has 0 unspecified atom stereocenters. The average molecular weight is 276 g/mol. The molecule has 0 bridgehead atoms. The summed E-state index contributed by atoms with van der Waals surface area (Å²) in [4.78, 5) is 4.90. The molecule has 0 atom stereocenters. The largest absolute Gasteiger partial charge is 0.396 e. The Hall–Kier alpha value is -1.06. The van der Waals surface area contributed by atoms with Crippen molar-refractivity contribution < 1.29 is 5.11 Å². The molecule has 1 aliphatic rings. The van der Waals surface area contributed by atoms with Crippen LogP contribution in [0.25, 0.3) is 0 Å². The van der Waals surface area contributed by atoms with Gasteiger partial charge < -0.3 is 10.0 Å². The lowest BCUT2D eigenvalue weighted by Gasteiger charge is -2.36. The number of hydrogen-bond donors (Lipinski definition) is 1. The van der Waals surface area contributed by atoms with Crippen molar-refractivity contribution in [2.45, 2.75) is 32.6 Å². The summed E-state index contributed by atoms with van der Waals surface area (Å²) in [6.45, 7) is 12.4. The van der Waals surface area contributed by atoms with Gasteiger partial charge in [-0.3, -0.25) is 4.90 Å². The van der Waals surface area contributed by atoms with Crippen molar-refractivity contribution in [2.24, 2.45) is 0 Å². The maximum absolute atomic E-state index is 8.88. The molecule has 1 heterocycles. The summed E-state index contributed by atoms with van der Waals surface area (Å²) < 4.78 is 0. The van der Waals surface area contributed by atoms with Crippen LogP contribution in [0.15, 0.2) is 24.3 Å². The lowest BCUT2D eigenvalue weighted by molar-refractivity contribution is 0.216. The number of anilines is 1. The third kappa shape index (κ3) is 3.97. The molecule has 2 rings (SSSR count). The van der Waals surface area contributed by atoms with Crippen LogP contribution < -0.4 is 4.90 Å². The van der Waals surface area contributed by atoms with E-state index in [0.29, 0.717) is 6.61 Å². The lowest BCUT2D eigenvalue weighted by Crippen LogP contribution is -2.46. The normalized spacial score (nSPS) is 17.5. The molecular weight excluding hydrogens is 248 g/mol. The SMILES string of the molecule is CC(C)(C)c1ccc(N2CCN(CCCO)CC2)cc1. The molecule has 3 heteroatoms. The third-order valence-electron chi connectivity index (χ3n) is 4.10. The number of aliphatic hydroxyl groups excluding tert-OH is 1. The minimum Gasteiger partial charge on any atom is -0.396 e. The summed E-state index contributed by atoms with van der Waals surface area (Å²) in [5.41, 5.74) is 2.95. The summed E-state index contributed by atoms with van der Waals surface area (Å²) in [6, 6.07) is 9.02. The van der Waals surface area contributed by atoms with E-state index in [1.807, 2.05) is 0 Å². The highest BCUT2D eigenvalue weighted by Crippen LogP contribution is 2.25. The van der Waals surface area contributed by atoms with Gasteiger partial charge in [-0.2, -0.15) is 0 Å². The highest BCUT2D eigenvalue weighted by atomic mass is 16.3. The molecule has 0 spiro atoms. The van der Waals surface area contributed by atoms with Crippen LogP contribution in [0.4, 0.5) is 5.69 Å². The van der Waals surface area contributed by atoms with Crippen LogP contribution in [0.5, 0.6) is 0 Å². The summed E-state index contributed by atoms with van der Waals surface area (Å²) in [5, 5.41) is 8.88. The van der Waals surface area contributed by atoms with Crippen molar-refractivity contribution in [3.63, 3.8) is 0 Å². The number of aliphatic hydroxyl groups is 1. The summed E-state index contributed by atoms with van der Waals surface area (Å²) >= 11 is 0. The fourth-order valence-electron chi connectivity index (χ4n) is 2.70. The van der Waals surface area contributed by atoms with Gasteiger partial charge in [-0.05, 0) is 29.5 Å². The maximum atomic E-state index is 8.88. The minimum atomic E-state index is 0.224. The van der Waals surface area contributed by atoms with Gasteiger partial charge in [0.05, 0.1) is 0 Å². The van der Waals surface area contributed by atoms with Crippen molar-refractivity contribution in [3.8, 4) is 0 Å². The van der Waals surface area contributed by atoms with E-state index in [2.05, 4.69) is 54.8 Å². The molecule has 1 fully saturated rings. The summed E-state index contributed by atoms with van der Waals surface area (Å²) in [6.07, 6.45) is 0.889. The van der Waals surface area contributed by atoms with Gasteiger partial charge in [0.1, 0.15) is 0 Å². The summed E-state index contributed by atoms with van der Waals surface area (Å²) in [5.74, 6) is 0. The van der Waals surface area contributed by atoms with Crippen molar-refractivity contribution in [1.29, 1.82) is 0 Å². The third-order valence-corrected chi connectivity index (χ3v) is 4.10. The van der Waals surface area contributed by atoms with E-state index >= 15 is 0 Å². The zero-order valence-corrected chi connectivity index (χ0v) is 13.1. The predicted octanol–water partition coefficient (Wildman–Crippen LogP) is 2.49. The van der Waals surface area contributed by atoms with E-state index in [4.69, 9.17) is 5.11 Å². The fraction of sp³-hybridized carbons (Fsp3) is 0.647. The average Bonchev–Trinajstić information content (AvgIpc) is 2.45. The molecule has 1 saturated heterocycles. The van der Waals surface area contributed by atoms with E-state index in [1.54, 1.807) is 0 Å². The molecule has 0 radical (unpaired) electrons. The van der Waals surface area contributed by atoms with Crippen LogP contribution in [0.2, 0.25) is 0 Å². The molecule has 0 aliphatic carbocycles. The Balaban J connectivity index is 1.90. The highest BCUT2D eigenvalue weighted by Gasteiger charge is 2.18. The number of rotatable bonds is 4. The van der Waals surface area contributed by atoms with E-state index in [-0.39, 0.29) is 5.41 Å². The zero-order chi connectivity index (χ0) is 14.6. The second-order valence-electron chi connectivity index (χ2n) is 6.70. The van der Waals surface area contributed by atoms with Crippen LogP contribution >= 0.6 is 0 Å². The Morgan fingerprint density at radius 2 is 1.60 bits per heavy atom. The highest BCUT2D eigenvalue weighted by molar-refractivity contribution is 5.49. The van der Waals surface area contributed by atoms with Crippen molar-refractivity contribution >= 4 is 5.69 Å². The maximum Gasteiger partial charge on any atom is 0.0443 e. The lowest BCUT2D eigenvalue weighted by atomic mass is 9.87. The molecule has 1 aromatic carbocycles. The second kappa shape index (κ2) is 6.59. The number of benzene rings is 1. The molecule has 0 saturated carbocycles. The Bertz CT molecular complexity index is 400. The summed E-state index contributed by atoms with van der Waals surface area (Å²) in [7, 11) is 0. The van der Waals surface area contributed by atoms with E-state index in [1.165, 1.54) is 11.3 Å². The van der Waals surface area contributed by atoms with Crippen molar-refractivity contribution in [1.82, 2.24) is 4.90 Å². The van der Waals surface area contributed by atoms with E-state index in [9.17, 15) is 0 Å². The monoisotopic (exact) mass is 276 g/mol. The standard InChI is InChI=1S/C17H28N2O/c1-17(2,3)15-5-7-16(8-6-15)19-12-10-18(11-13-19)9-4-14-20/h5-8,20H,4,9-14H2,1-3H3. The van der Waals surface area contributed by atoms with Crippen molar-refractivity contribution in [2.75, 3.05) is 44.2 Å². The molecule has 0 amide bonds. The van der Waals surface area contributed by atoms with E-state index < -0.39 is 0 Å². The van der Waals surface area contributed by atoms with Crippen LogP contribution in [0, 0.1) is 0 Å². The van der Waals surface area contributed by atoms with Crippen molar-refractivity contribution in [3.05, 3.63) is 29.8 Å². The molecular formula is C17H28N2O. The molecule has 0 aromatic heterocycles. The van der Waals surface area contributed by atoms with E-state index in [0.717, 1.165) is 39.1 Å².